The first-order chi connectivity index (χ1) is 13.6. The molecule has 0 saturated heterocycles. The Morgan fingerprint density at radius 2 is 1.64 bits per heavy atom. The molecule has 150 valence electrons. The molecule has 0 unspecified atom stereocenters. The zero-order valence-corrected chi connectivity index (χ0v) is 16.5. The van der Waals surface area contributed by atoms with Crippen LogP contribution in [0.3, 0.4) is 0 Å². The van der Waals surface area contributed by atoms with Gasteiger partial charge in [0.25, 0.3) is 0 Å². The number of ether oxygens (including phenoxy) is 2. The molecule has 2 aromatic carbocycles. The lowest BCUT2D eigenvalue weighted by Gasteiger charge is -2.12. The summed E-state index contributed by atoms with van der Waals surface area (Å²) in [5, 5.41) is 3.21. The van der Waals surface area contributed by atoms with Crippen molar-refractivity contribution >= 4 is 23.2 Å². The molecule has 0 aromatic heterocycles. The van der Waals surface area contributed by atoms with Crippen molar-refractivity contribution in [2.45, 2.75) is 26.3 Å². The highest BCUT2D eigenvalue weighted by atomic mass is 32.1. The van der Waals surface area contributed by atoms with Crippen LogP contribution in [-0.2, 0) is 11.3 Å². The van der Waals surface area contributed by atoms with Crippen LogP contribution in [0.15, 0.2) is 48.5 Å². The molecule has 2 aromatic rings. The van der Waals surface area contributed by atoms with Gasteiger partial charge >= 0.3 is 0 Å². The van der Waals surface area contributed by atoms with Gasteiger partial charge in [0.15, 0.2) is 5.11 Å². The van der Waals surface area contributed by atoms with Crippen LogP contribution in [0.4, 0.5) is 4.39 Å². The maximum Gasteiger partial charge on any atom is 0.238 e. The smallest absolute Gasteiger partial charge is 0.238 e. The van der Waals surface area contributed by atoms with E-state index in [2.05, 4.69) is 16.2 Å². The lowest BCUT2D eigenvalue weighted by molar-refractivity contribution is -0.121. The largest absolute Gasteiger partial charge is 0.494 e. The third-order valence-electron chi connectivity index (χ3n) is 3.63. The monoisotopic (exact) mass is 405 g/mol. The molecule has 0 heterocycles. The molecule has 0 atom stereocenters. The minimum Gasteiger partial charge on any atom is -0.494 e. The number of nitrogens with one attached hydrogen (secondary N) is 3. The topological polar surface area (TPSA) is 71.6 Å². The normalized spacial score (nSPS) is 10.1. The highest BCUT2D eigenvalue weighted by Crippen LogP contribution is 2.17. The Morgan fingerprint density at radius 3 is 2.29 bits per heavy atom. The summed E-state index contributed by atoms with van der Waals surface area (Å²) in [5.41, 5.74) is 6.03. The molecule has 1 amide bonds. The Morgan fingerprint density at radius 1 is 1.00 bits per heavy atom. The number of halogens is 1. The average molecular weight is 405 g/mol. The van der Waals surface area contributed by atoms with Gasteiger partial charge in [0.2, 0.25) is 5.91 Å². The van der Waals surface area contributed by atoms with Gasteiger partial charge in [0, 0.05) is 13.0 Å². The van der Waals surface area contributed by atoms with Gasteiger partial charge in [-0.3, -0.25) is 15.6 Å². The fraction of sp³-hybridized carbons (Fsp3) is 0.300. The van der Waals surface area contributed by atoms with Crippen LogP contribution in [0.25, 0.3) is 0 Å². The molecule has 8 heteroatoms. The van der Waals surface area contributed by atoms with Crippen molar-refractivity contribution in [1.82, 2.24) is 16.2 Å². The molecule has 0 radical (unpaired) electrons. The lowest BCUT2D eigenvalue weighted by Crippen LogP contribution is -2.46. The van der Waals surface area contributed by atoms with E-state index in [9.17, 15) is 9.18 Å². The van der Waals surface area contributed by atoms with E-state index >= 15 is 0 Å². The van der Waals surface area contributed by atoms with Crippen molar-refractivity contribution < 1.29 is 18.7 Å². The zero-order valence-electron chi connectivity index (χ0n) is 15.7. The number of benzene rings is 2. The Balaban J connectivity index is 1.55. The van der Waals surface area contributed by atoms with E-state index in [1.165, 1.54) is 12.1 Å². The minimum absolute atomic E-state index is 0.193. The molecular formula is C20H24FN3O3S. The summed E-state index contributed by atoms with van der Waals surface area (Å²) < 4.78 is 23.8. The second-order valence-corrected chi connectivity index (χ2v) is 6.25. The maximum absolute atomic E-state index is 12.8. The Labute approximate surface area is 169 Å². The molecule has 0 fully saturated rings. The number of amides is 1. The summed E-state index contributed by atoms with van der Waals surface area (Å²) in [7, 11) is 0. The van der Waals surface area contributed by atoms with Gasteiger partial charge in [-0.05, 0) is 67.5 Å². The Hall–Kier alpha value is -2.87. The molecule has 0 aliphatic rings. The van der Waals surface area contributed by atoms with E-state index in [0.717, 1.165) is 17.1 Å². The summed E-state index contributed by atoms with van der Waals surface area (Å²) in [6.45, 7) is 3.40. The molecule has 0 aliphatic carbocycles. The van der Waals surface area contributed by atoms with Gasteiger partial charge in [-0.1, -0.05) is 12.1 Å². The predicted molar refractivity (Wildman–Crippen MR) is 109 cm³/mol. The minimum atomic E-state index is -0.289. The Bertz CT molecular complexity index is 754. The van der Waals surface area contributed by atoms with Crippen molar-refractivity contribution in [3.63, 3.8) is 0 Å². The SMILES string of the molecule is CCOc1ccc(OCCCC(=O)NNC(=S)NCc2ccc(F)cc2)cc1. The van der Waals surface area contributed by atoms with Crippen LogP contribution in [0, 0.1) is 5.82 Å². The molecule has 3 N–H and O–H groups in total. The molecule has 6 nitrogen and oxygen atoms in total. The maximum atomic E-state index is 12.8. The standard InChI is InChI=1S/C20H24FN3O3S/c1-2-26-17-9-11-18(12-10-17)27-13-3-4-19(25)23-24-20(28)22-14-15-5-7-16(21)8-6-15/h5-12H,2-4,13-14H2,1H3,(H,23,25)(H2,22,24,28). The second kappa shape index (κ2) is 11.8. The predicted octanol–water partition coefficient (Wildman–Crippen LogP) is 3.08. The number of carbonyl (C=O) groups is 1. The van der Waals surface area contributed by atoms with E-state index in [0.29, 0.717) is 32.6 Å². The fourth-order valence-corrected chi connectivity index (χ4v) is 2.36. The van der Waals surface area contributed by atoms with Crippen LogP contribution in [0.2, 0.25) is 0 Å². The third-order valence-corrected chi connectivity index (χ3v) is 3.88. The van der Waals surface area contributed by atoms with Crippen LogP contribution >= 0.6 is 12.2 Å². The van der Waals surface area contributed by atoms with Crippen LogP contribution in [-0.4, -0.2) is 24.2 Å². The van der Waals surface area contributed by atoms with Crippen molar-refractivity contribution in [3.05, 3.63) is 59.9 Å². The quantitative estimate of drug-likeness (QED) is 0.338. The first kappa shape index (κ1) is 21.4. The first-order valence-electron chi connectivity index (χ1n) is 8.99. The van der Waals surface area contributed by atoms with Gasteiger partial charge in [-0.25, -0.2) is 4.39 Å². The van der Waals surface area contributed by atoms with Gasteiger partial charge in [-0.15, -0.1) is 0 Å². The molecule has 0 spiro atoms. The number of rotatable bonds is 9. The zero-order chi connectivity index (χ0) is 20.2. The summed E-state index contributed by atoms with van der Waals surface area (Å²) >= 11 is 5.08. The molecule has 0 aliphatic heterocycles. The summed E-state index contributed by atoms with van der Waals surface area (Å²) in [4.78, 5) is 11.8. The van der Waals surface area contributed by atoms with E-state index < -0.39 is 0 Å². The van der Waals surface area contributed by atoms with Crippen LogP contribution in [0.1, 0.15) is 25.3 Å². The Kier molecular flexibility index (Phi) is 9.00. The van der Waals surface area contributed by atoms with E-state index in [-0.39, 0.29) is 16.8 Å². The van der Waals surface area contributed by atoms with Gasteiger partial charge in [0.05, 0.1) is 13.2 Å². The van der Waals surface area contributed by atoms with Gasteiger partial charge < -0.3 is 14.8 Å². The van der Waals surface area contributed by atoms with Crippen LogP contribution < -0.4 is 25.6 Å². The molecule has 0 bridgehead atoms. The first-order valence-corrected chi connectivity index (χ1v) is 9.40. The van der Waals surface area contributed by atoms with Crippen molar-refractivity contribution in [1.29, 1.82) is 0 Å². The highest BCUT2D eigenvalue weighted by molar-refractivity contribution is 7.80. The van der Waals surface area contributed by atoms with Crippen LogP contribution in [0.5, 0.6) is 11.5 Å². The van der Waals surface area contributed by atoms with E-state index in [1.807, 2.05) is 31.2 Å². The number of hydrazine groups is 1. The fourth-order valence-electron chi connectivity index (χ4n) is 2.24. The molecular weight excluding hydrogens is 381 g/mol. The molecule has 28 heavy (non-hydrogen) atoms. The summed E-state index contributed by atoms with van der Waals surface area (Å²) in [6, 6.07) is 13.4. The molecule has 0 saturated carbocycles. The second-order valence-electron chi connectivity index (χ2n) is 5.84. The number of carbonyl (C=O) groups excluding carboxylic acids is 1. The van der Waals surface area contributed by atoms with Crippen molar-refractivity contribution in [2.24, 2.45) is 0 Å². The van der Waals surface area contributed by atoms with E-state index in [4.69, 9.17) is 21.7 Å². The highest BCUT2D eigenvalue weighted by Gasteiger charge is 2.03. The van der Waals surface area contributed by atoms with Crippen molar-refractivity contribution in [3.8, 4) is 11.5 Å². The third kappa shape index (κ3) is 8.22. The summed E-state index contributed by atoms with van der Waals surface area (Å²) in [6.07, 6.45) is 0.862. The number of hydrogen-bond acceptors (Lipinski definition) is 4. The summed E-state index contributed by atoms with van der Waals surface area (Å²) in [5.74, 6) is 1.04. The average Bonchev–Trinajstić information content (AvgIpc) is 2.70. The molecule has 2 rings (SSSR count). The van der Waals surface area contributed by atoms with Gasteiger partial charge in [0.1, 0.15) is 17.3 Å². The lowest BCUT2D eigenvalue weighted by atomic mass is 10.2. The number of hydrogen-bond donors (Lipinski definition) is 3. The van der Waals surface area contributed by atoms with Crippen molar-refractivity contribution in [2.75, 3.05) is 13.2 Å². The number of thiocarbonyl (C=S) groups is 1. The van der Waals surface area contributed by atoms with Gasteiger partial charge in [-0.2, -0.15) is 0 Å². The van der Waals surface area contributed by atoms with E-state index in [1.54, 1.807) is 12.1 Å².